The molecule has 0 saturated heterocycles. The van der Waals surface area contributed by atoms with Gasteiger partial charge in [-0.3, -0.25) is 0 Å². The monoisotopic (exact) mass is 564 g/mol. The van der Waals surface area contributed by atoms with Crippen LogP contribution in [0.2, 0.25) is 0 Å². The van der Waals surface area contributed by atoms with Crippen molar-refractivity contribution in [1.82, 2.24) is 0 Å². The Kier molecular flexibility index (Phi) is 10.6. The van der Waals surface area contributed by atoms with E-state index in [1.807, 2.05) is 54.6 Å². The van der Waals surface area contributed by atoms with Gasteiger partial charge in [-0.15, -0.1) is 23.3 Å². The summed E-state index contributed by atoms with van der Waals surface area (Å²) in [6.07, 6.45) is 2.07. The van der Waals surface area contributed by atoms with Crippen LogP contribution in [0.25, 0.3) is 11.1 Å². The number of phenolic OH excluding ortho intramolecular Hbond substituents is 2. The topological polar surface area (TPSA) is 40.5 Å². The maximum atomic E-state index is 9.66. The predicted molar refractivity (Wildman–Crippen MR) is 134 cm³/mol. The fourth-order valence-electron chi connectivity index (χ4n) is 3.32. The molecule has 166 valence electrons. The van der Waals surface area contributed by atoms with Crippen LogP contribution in [-0.2, 0) is 17.1 Å². The van der Waals surface area contributed by atoms with Crippen molar-refractivity contribution in [2.75, 3.05) is 4.43 Å². The molecule has 0 aliphatic rings. The zero-order chi connectivity index (χ0) is 21.2. The minimum atomic E-state index is 0. The van der Waals surface area contributed by atoms with Crippen LogP contribution >= 0.6 is 22.6 Å². The fraction of sp³-hybridized carbons (Fsp3) is 0.111. The van der Waals surface area contributed by atoms with Crippen LogP contribution in [-0.4, -0.2) is 14.6 Å². The number of alkyl halides is 1. The molecule has 0 fully saturated rings. The van der Waals surface area contributed by atoms with Crippen LogP contribution < -0.4 is 0 Å². The van der Waals surface area contributed by atoms with Gasteiger partial charge in [0.05, 0.1) is 0 Å². The van der Waals surface area contributed by atoms with Gasteiger partial charge in [-0.2, -0.15) is 12.1 Å². The molecular weight excluding hydrogens is 539 g/mol. The van der Waals surface area contributed by atoms with Crippen molar-refractivity contribution in [1.29, 1.82) is 0 Å². The molecule has 4 aromatic rings. The van der Waals surface area contributed by atoms with Gasteiger partial charge in [-0.25, -0.2) is 0 Å². The van der Waals surface area contributed by atoms with E-state index in [0.717, 1.165) is 34.0 Å². The summed E-state index contributed by atoms with van der Waals surface area (Å²) in [7, 11) is 0. The zero-order valence-electron chi connectivity index (χ0n) is 17.1. The molecular formula is C27H25FeIO2-6. The Morgan fingerprint density at radius 3 is 1.55 bits per heavy atom. The molecule has 0 amide bonds. The maximum Gasteiger partial charge on any atom is 0.115 e. The van der Waals surface area contributed by atoms with E-state index in [9.17, 15) is 10.2 Å². The third-order valence-electron chi connectivity index (χ3n) is 4.74. The van der Waals surface area contributed by atoms with E-state index in [2.05, 4.69) is 46.9 Å². The molecule has 4 rings (SSSR count). The van der Waals surface area contributed by atoms with Crippen molar-refractivity contribution < 1.29 is 27.3 Å². The predicted octanol–water partition coefficient (Wildman–Crippen LogP) is 7.39. The first-order chi connectivity index (χ1) is 14.7. The van der Waals surface area contributed by atoms with Crippen molar-refractivity contribution in [3.05, 3.63) is 120 Å². The van der Waals surface area contributed by atoms with Gasteiger partial charge >= 0.3 is 0 Å². The molecule has 4 aromatic carbocycles. The summed E-state index contributed by atoms with van der Waals surface area (Å²) < 4.78 is 1.10. The fourth-order valence-corrected chi connectivity index (χ4v) is 3.71. The summed E-state index contributed by atoms with van der Waals surface area (Å²) in [4.78, 5) is 0. The summed E-state index contributed by atoms with van der Waals surface area (Å²) in [5, 5.41) is 19.3. The van der Waals surface area contributed by atoms with E-state index in [1.165, 1.54) is 11.1 Å². The van der Waals surface area contributed by atoms with E-state index >= 15 is 0 Å². The molecule has 0 unspecified atom stereocenters. The second kappa shape index (κ2) is 13.2. The van der Waals surface area contributed by atoms with Gasteiger partial charge in [0.2, 0.25) is 0 Å². The molecule has 0 aliphatic heterocycles. The molecule has 2 nitrogen and oxygen atoms in total. The average molecular weight is 564 g/mol. The summed E-state index contributed by atoms with van der Waals surface area (Å²) in [5.41, 5.74) is 5.79. The van der Waals surface area contributed by atoms with Gasteiger partial charge in [0, 0.05) is 17.1 Å². The Morgan fingerprint density at radius 2 is 1.16 bits per heavy atom. The summed E-state index contributed by atoms with van der Waals surface area (Å²) in [6, 6.07) is 33.1. The SMILES string of the molecule is Oc1ccc(C(=C(CCCI)[c-]2cccc2)c2ccc(O)cc2)cc1.[Fe].[cH-]1[cH-][cH-][cH-][cH-]1. The number of hydrogen-bond acceptors (Lipinski definition) is 2. The first-order valence-electron chi connectivity index (χ1n) is 9.95. The number of halogens is 1. The van der Waals surface area contributed by atoms with Crippen molar-refractivity contribution >= 4 is 33.7 Å². The Labute approximate surface area is 208 Å². The van der Waals surface area contributed by atoms with E-state index in [-0.39, 0.29) is 28.6 Å². The molecule has 0 radical (unpaired) electrons. The van der Waals surface area contributed by atoms with E-state index in [1.54, 1.807) is 24.3 Å². The third-order valence-corrected chi connectivity index (χ3v) is 5.50. The second-order valence-corrected chi connectivity index (χ2v) is 7.95. The molecule has 0 aromatic heterocycles. The second-order valence-electron chi connectivity index (χ2n) is 6.88. The van der Waals surface area contributed by atoms with Gasteiger partial charge in [0.1, 0.15) is 11.5 Å². The molecule has 0 spiro atoms. The molecule has 2 N–H and O–H groups in total. The number of allylic oxidation sites excluding steroid dienone is 1. The number of rotatable bonds is 6. The van der Waals surface area contributed by atoms with Gasteiger partial charge in [0.15, 0.2) is 0 Å². The molecule has 0 heterocycles. The quantitative estimate of drug-likeness (QED) is 0.111. The first kappa shape index (κ1) is 25.0. The third kappa shape index (κ3) is 7.42. The first-order valence-corrected chi connectivity index (χ1v) is 11.5. The maximum absolute atomic E-state index is 9.66. The minimum absolute atomic E-state index is 0. The molecule has 0 saturated carbocycles. The van der Waals surface area contributed by atoms with E-state index < -0.39 is 0 Å². The van der Waals surface area contributed by atoms with Crippen LogP contribution in [0.1, 0.15) is 29.5 Å². The largest absolute Gasteiger partial charge is 0.748 e. The van der Waals surface area contributed by atoms with Crippen LogP contribution in [0, 0.1) is 0 Å². The number of phenols is 2. The van der Waals surface area contributed by atoms with Crippen molar-refractivity contribution in [3.63, 3.8) is 0 Å². The van der Waals surface area contributed by atoms with Gasteiger partial charge in [-0.1, -0.05) is 63.6 Å². The van der Waals surface area contributed by atoms with Crippen molar-refractivity contribution in [2.24, 2.45) is 0 Å². The van der Waals surface area contributed by atoms with Crippen LogP contribution in [0.15, 0.2) is 103 Å². The van der Waals surface area contributed by atoms with Crippen LogP contribution in [0.5, 0.6) is 11.5 Å². The average Bonchev–Trinajstić information content (AvgIpc) is 3.50. The van der Waals surface area contributed by atoms with Gasteiger partial charge in [-0.05, 0) is 41.5 Å². The molecule has 31 heavy (non-hydrogen) atoms. The number of hydrogen-bond donors (Lipinski definition) is 2. The number of benzene rings is 2. The summed E-state index contributed by atoms with van der Waals surface area (Å²) in [5.74, 6) is 0.520. The van der Waals surface area contributed by atoms with Crippen molar-refractivity contribution in [3.8, 4) is 11.5 Å². The standard InChI is InChI=1S/C22H20IO2.C5H5.Fe/c23-15-3-6-21(16-4-1-2-5-16)22(17-7-11-19(24)12-8-17)18-9-13-20(25)14-10-18;1-2-4-5-3-1;/h1-2,4-5,7-14,24-25H,3,6,15H2;1-5H;/q-1;-5;. The van der Waals surface area contributed by atoms with E-state index in [0.29, 0.717) is 0 Å². The Morgan fingerprint density at radius 1 is 0.742 bits per heavy atom. The van der Waals surface area contributed by atoms with Crippen LogP contribution in [0.4, 0.5) is 0 Å². The molecule has 0 atom stereocenters. The van der Waals surface area contributed by atoms with Gasteiger partial charge in [0.25, 0.3) is 0 Å². The minimum Gasteiger partial charge on any atom is -0.748 e. The molecule has 4 heteroatoms. The van der Waals surface area contributed by atoms with Gasteiger partial charge < -0.3 is 40.5 Å². The normalized spacial score (nSPS) is 9.84. The smallest absolute Gasteiger partial charge is 0.115 e. The number of aromatic hydroxyl groups is 2. The van der Waals surface area contributed by atoms with Crippen LogP contribution in [0.3, 0.4) is 0 Å². The Hall–Kier alpha value is -2.27. The van der Waals surface area contributed by atoms with E-state index in [4.69, 9.17) is 0 Å². The molecule has 0 bridgehead atoms. The molecule has 0 aliphatic carbocycles. The zero-order valence-corrected chi connectivity index (χ0v) is 20.3. The van der Waals surface area contributed by atoms with Crippen molar-refractivity contribution in [2.45, 2.75) is 12.8 Å². The Balaban J connectivity index is 0.000000501. The Bertz CT molecular complexity index is 951. The summed E-state index contributed by atoms with van der Waals surface area (Å²) in [6.45, 7) is 0. The summed E-state index contributed by atoms with van der Waals surface area (Å²) >= 11 is 2.41.